The first kappa shape index (κ1) is 18.2. The number of hydrogen-bond acceptors (Lipinski definition) is 4. The van der Waals surface area contributed by atoms with E-state index < -0.39 is 11.6 Å². The monoisotopic (exact) mass is 360 g/mol. The van der Waals surface area contributed by atoms with Crippen molar-refractivity contribution in [3.05, 3.63) is 53.9 Å². The van der Waals surface area contributed by atoms with Gasteiger partial charge in [-0.1, -0.05) is 6.07 Å². The van der Waals surface area contributed by atoms with Gasteiger partial charge in [0.2, 0.25) is 11.9 Å². The van der Waals surface area contributed by atoms with Crippen molar-refractivity contribution in [1.82, 2.24) is 15.3 Å². The highest BCUT2D eigenvalue weighted by molar-refractivity contribution is 5.75. The second-order valence-electron chi connectivity index (χ2n) is 6.57. The van der Waals surface area contributed by atoms with Crippen molar-refractivity contribution in [2.24, 2.45) is 5.92 Å². The molecule has 138 valence electrons. The minimum atomic E-state index is -0.901. The van der Waals surface area contributed by atoms with Gasteiger partial charge in [0, 0.05) is 38.4 Å². The lowest BCUT2D eigenvalue weighted by Gasteiger charge is -2.32. The minimum absolute atomic E-state index is 0.0807. The molecule has 1 aliphatic heterocycles. The Morgan fingerprint density at radius 1 is 1.23 bits per heavy atom. The summed E-state index contributed by atoms with van der Waals surface area (Å²) in [6.45, 7) is 1.98. The fourth-order valence-corrected chi connectivity index (χ4v) is 3.21. The molecule has 0 aliphatic carbocycles. The fraction of sp³-hybridized carbons (Fsp3) is 0.421. The van der Waals surface area contributed by atoms with E-state index >= 15 is 0 Å². The summed E-state index contributed by atoms with van der Waals surface area (Å²) in [7, 11) is 0. The molecule has 0 saturated carbocycles. The van der Waals surface area contributed by atoms with E-state index in [9.17, 15) is 13.6 Å². The quantitative estimate of drug-likeness (QED) is 0.860. The third kappa shape index (κ3) is 4.97. The summed E-state index contributed by atoms with van der Waals surface area (Å²) in [5, 5.41) is 2.76. The van der Waals surface area contributed by atoms with Crippen LogP contribution in [0.25, 0.3) is 0 Å². The number of amides is 1. The number of nitrogens with one attached hydrogen (secondary N) is 1. The Morgan fingerprint density at radius 2 is 2.04 bits per heavy atom. The van der Waals surface area contributed by atoms with Crippen LogP contribution in [-0.4, -0.2) is 29.0 Å². The second kappa shape index (κ2) is 8.69. The lowest BCUT2D eigenvalue weighted by Crippen LogP contribution is -2.37. The molecule has 1 aromatic heterocycles. The van der Waals surface area contributed by atoms with E-state index in [2.05, 4.69) is 20.2 Å². The fourth-order valence-electron chi connectivity index (χ4n) is 3.21. The van der Waals surface area contributed by atoms with Gasteiger partial charge in [-0.05, 0) is 48.9 Å². The maximum atomic E-state index is 13.2. The summed E-state index contributed by atoms with van der Waals surface area (Å²) in [6.07, 6.45) is 6.80. The Kier molecular flexibility index (Phi) is 6.09. The van der Waals surface area contributed by atoms with Crippen molar-refractivity contribution in [3.8, 4) is 0 Å². The van der Waals surface area contributed by atoms with Crippen LogP contribution in [0.2, 0.25) is 0 Å². The molecule has 5 nitrogen and oxygen atoms in total. The van der Waals surface area contributed by atoms with Crippen LogP contribution >= 0.6 is 0 Å². The van der Waals surface area contributed by atoms with Gasteiger partial charge < -0.3 is 10.2 Å². The molecule has 1 aliphatic rings. The number of carbonyl (C=O) groups is 1. The van der Waals surface area contributed by atoms with Crippen molar-refractivity contribution in [3.63, 3.8) is 0 Å². The second-order valence-corrected chi connectivity index (χ2v) is 6.57. The summed E-state index contributed by atoms with van der Waals surface area (Å²) in [4.78, 5) is 22.8. The largest absolute Gasteiger partial charge is 0.352 e. The van der Waals surface area contributed by atoms with Gasteiger partial charge in [-0.3, -0.25) is 4.79 Å². The zero-order valence-corrected chi connectivity index (χ0v) is 14.5. The minimum Gasteiger partial charge on any atom is -0.352 e. The van der Waals surface area contributed by atoms with Gasteiger partial charge in [0.1, 0.15) is 0 Å². The van der Waals surface area contributed by atoms with Crippen molar-refractivity contribution in [2.45, 2.75) is 32.2 Å². The molecule has 2 aromatic rings. The number of aromatic nitrogens is 2. The van der Waals surface area contributed by atoms with Gasteiger partial charge in [-0.15, -0.1) is 0 Å². The Balaban J connectivity index is 1.43. The van der Waals surface area contributed by atoms with Crippen LogP contribution in [0.4, 0.5) is 14.7 Å². The molecule has 7 heteroatoms. The van der Waals surface area contributed by atoms with Crippen molar-refractivity contribution in [2.75, 3.05) is 18.0 Å². The van der Waals surface area contributed by atoms with Gasteiger partial charge in [0.05, 0.1) is 0 Å². The molecule has 0 radical (unpaired) electrons. The van der Waals surface area contributed by atoms with Crippen LogP contribution in [-0.2, 0) is 11.3 Å². The number of hydrogen-bond donors (Lipinski definition) is 1. The highest BCUT2D eigenvalue weighted by Crippen LogP contribution is 2.23. The number of anilines is 1. The van der Waals surface area contributed by atoms with E-state index in [-0.39, 0.29) is 12.5 Å². The number of nitrogens with zero attached hydrogens (tertiary/aromatic N) is 3. The van der Waals surface area contributed by atoms with E-state index in [1.807, 2.05) is 0 Å². The van der Waals surface area contributed by atoms with E-state index in [0.717, 1.165) is 50.4 Å². The third-order valence-corrected chi connectivity index (χ3v) is 4.61. The lowest BCUT2D eigenvalue weighted by molar-refractivity contribution is -0.121. The zero-order valence-electron chi connectivity index (χ0n) is 14.5. The molecular weight excluding hydrogens is 338 g/mol. The number of rotatable bonds is 6. The smallest absolute Gasteiger partial charge is 0.225 e. The van der Waals surface area contributed by atoms with Crippen LogP contribution < -0.4 is 10.2 Å². The third-order valence-electron chi connectivity index (χ3n) is 4.61. The molecule has 1 unspecified atom stereocenters. The molecule has 1 saturated heterocycles. The summed E-state index contributed by atoms with van der Waals surface area (Å²) in [5.41, 5.74) is 0.544. The van der Waals surface area contributed by atoms with Gasteiger partial charge in [-0.2, -0.15) is 0 Å². The average Bonchev–Trinajstić information content (AvgIpc) is 2.68. The Morgan fingerprint density at radius 3 is 2.81 bits per heavy atom. The highest BCUT2D eigenvalue weighted by Gasteiger charge is 2.22. The number of piperidine rings is 1. The van der Waals surface area contributed by atoms with Crippen LogP contribution in [0.5, 0.6) is 0 Å². The van der Waals surface area contributed by atoms with Crippen molar-refractivity contribution >= 4 is 11.9 Å². The molecular formula is C19H22F2N4O. The molecule has 3 rings (SSSR count). The first-order chi connectivity index (χ1) is 12.6. The topological polar surface area (TPSA) is 58.1 Å². The van der Waals surface area contributed by atoms with Gasteiger partial charge in [-0.25, -0.2) is 18.7 Å². The van der Waals surface area contributed by atoms with Crippen molar-refractivity contribution in [1.29, 1.82) is 0 Å². The Bertz CT molecular complexity index is 742. The van der Waals surface area contributed by atoms with E-state index in [0.29, 0.717) is 17.9 Å². The molecule has 1 N–H and O–H groups in total. The van der Waals surface area contributed by atoms with Crippen molar-refractivity contribution < 1.29 is 13.6 Å². The molecule has 1 atom stereocenters. The average molecular weight is 360 g/mol. The highest BCUT2D eigenvalue weighted by atomic mass is 19.2. The zero-order chi connectivity index (χ0) is 18.4. The molecule has 1 fully saturated rings. The lowest BCUT2D eigenvalue weighted by atomic mass is 9.93. The van der Waals surface area contributed by atoms with Crippen LogP contribution in [0, 0.1) is 17.6 Å². The van der Waals surface area contributed by atoms with Gasteiger partial charge in [0.15, 0.2) is 11.6 Å². The number of benzene rings is 1. The summed E-state index contributed by atoms with van der Waals surface area (Å²) >= 11 is 0. The predicted molar refractivity (Wildman–Crippen MR) is 94.4 cm³/mol. The van der Waals surface area contributed by atoms with Gasteiger partial charge >= 0.3 is 0 Å². The molecule has 1 amide bonds. The molecule has 2 heterocycles. The number of carbonyl (C=O) groups excluding carboxylic acids is 1. The first-order valence-electron chi connectivity index (χ1n) is 8.84. The van der Waals surface area contributed by atoms with E-state index in [1.165, 1.54) is 6.07 Å². The van der Waals surface area contributed by atoms with Gasteiger partial charge in [0.25, 0.3) is 0 Å². The molecule has 0 bridgehead atoms. The standard InChI is InChI=1S/C19H22F2N4O/c20-16-6-4-15(11-17(16)21)12-24-18(26)7-5-14-3-1-10-25(13-14)19-22-8-2-9-23-19/h2,4,6,8-9,11,14H,1,3,5,7,10,12-13H2,(H,24,26). The molecule has 26 heavy (non-hydrogen) atoms. The predicted octanol–water partition coefficient (Wildman–Crippen LogP) is 3.07. The summed E-state index contributed by atoms with van der Waals surface area (Å²) in [6, 6.07) is 5.44. The Labute approximate surface area is 151 Å². The first-order valence-corrected chi connectivity index (χ1v) is 8.84. The van der Waals surface area contributed by atoms with Crippen LogP contribution in [0.15, 0.2) is 36.7 Å². The summed E-state index contributed by atoms with van der Waals surface area (Å²) in [5.74, 6) is -0.712. The van der Waals surface area contributed by atoms with E-state index in [1.54, 1.807) is 18.5 Å². The maximum absolute atomic E-state index is 13.2. The summed E-state index contributed by atoms with van der Waals surface area (Å²) < 4.78 is 26.1. The maximum Gasteiger partial charge on any atom is 0.225 e. The molecule has 0 spiro atoms. The van der Waals surface area contributed by atoms with Crippen LogP contribution in [0.1, 0.15) is 31.2 Å². The SMILES string of the molecule is O=C(CCC1CCCN(c2ncccn2)C1)NCc1ccc(F)c(F)c1. The number of halogens is 2. The molecule has 1 aromatic carbocycles. The Hall–Kier alpha value is -2.57. The van der Waals surface area contributed by atoms with Crippen LogP contribution in [0.3, 0.4) is 0 Å². The van der Waals surface area contributed by atoms with E-state index in [4.69, 9.17) is 0 Å². The normalized spacial score (nSPS) is 17.2.